The number of esters is 2. The average molecular weight is 401 g/mol. The van der Waals surface area contributed by atoms with Crippen molar-refractivity contribution >= 4 is 53.1 Å². The molecule has 1 N–H and O–H groups in total. The van der Waals surface area contributed by atoms with Crippen LogP contribution in [0.15, 0.2) is 18.2 Å². The lowest BCUT2D eigenvalue weighted by Gasteiger charge is -2.11. The van der Waals surface area contributed by atoms with Crippen LogP contribution in [0.2, 0.25) is 10.0 Å². The second kappa shape index (κ2) is 7.73. The molecule has 2 aromatic rings. The van der Waals surface area contributed by atoms with E-state index in [9.17, 15) is 14.4 Å². The van der Waals surface area contributed by atoms with E-state index in [2.05, 4.69) is 19.4 Å². The van der Waals surface area contributed by atoms with E-state index in [-0.39, 0.29) is 31.6 Å². The zero-order chi connectivity index (χ0) is 18.7. The van der Waals surface area contributed by atoms with Crippen molar-refractivity contribution in [3.63, 3.8) is 0 Å². The third-order valence-corrected chi connectivity index (χ3v) is 4.04. The van der Waals surface area contributed by atoms with E-state index >= 15 is 0 Å². The highest BCUT2D eigenvalue weighted by Gasteiger charge is 2.29. The van der Waals surface area contributed by atoms with Crippen molar-refractivity contribution in [1.29, 1.82) is 0 Å². The Labute approximate surface area is 156 Å². The van der Waals surface area contributed by atoms with Gasteiger partial charge in [0.15, 0.2) is 16.2 Å². The van der Waals surface area contributed by atoms with Crippen molar-refractivity contribution in [1.82, 2.24) is 9.97 Å². The molecule has 0 aliphatic carbocycles. The van der Waals surface area contributed by atoms with Gasteiger partial charge >= 0.3 is 11.9 Å². The number of benzene rings is 1. The van der Waals surface area contributed by atoms with Gasteiger partial charge in [0.1, 0.15) is 5.69 Å². The number of ether oxygens (including phenoxy) is 2. The number of aromatic nitrogens is 2. The Hall–Kier alpha value is -2.29. The van der Waals surface area contributed by atoms with Crippen molar-refractivity contribution < 1.29 is 23.9 Å². The number of carbonyl (C=O) groups is 3. The summed E-state index contributed by atoms with van der Waals surface area (Å²) < 4.78 is 9.06. The minimum Gasteiger partial charge on any atom is -0.464 e. The second-order valence-corrected chi connectivity index (χ2v) is 5.78. The number of nitrogens with zero attached hydrogens (tertiary/aromatic N) is 1. The largest absolute Gasteiger partial charge is 0.464 e. The van der Waals surface area contributed by atoms with Crippen LogP contribution in [-0.2, 0) is 9.47 Å². The summed E-state index contributed by atoms with van der Waals surface area (Å²) >= 11 is 16.6. The molecule has 0 spiro atoms. The van der Waals surface area contributed by atoms with Gasteiger partial charge in [-0.25, -0.2) is 14.6 Å². The monoisotopic (exact) mass is 400 g/mol. The molecule has 130 valence electrons. The van der Waals surface area contributed by atoms with Crippen LogP contribution < -0.4 is 0 Å². The number of rotatable bonds is 4. The van der Waals surface area contributed by atoms with E-state index < -0.39 is 23.4 Å². The molecular weight excluding hydrogens is 391 g/mol. The number of aromatic amines is 1. The molecule has 1 heterocycles. The summed E-state index contributed by atoms with van der Waals surface area (Å²) in [5, 5.41) is 0.369. The summed E-state index contributed by atoms with van der Waals surface area (Å²) in [6.07, 6.45) is 0. The molecule has 0 amide bonds. The fraction of sp³-hybridized carbons (Fsp3) is 0.133. The van der Waals surface area contributed by atoms with Crippen molar-refractivity contribution in [3.8, 4) is 0 Å². The van der Waals surface area contributed by atoms with Crippen LogP contribution in [0.3, 0.4) is 0 Å². The zero-order valence-electron chi connectivity index (χ0n) is 12.9. The molecule has 0 aliphatic rings. The van der Waals surface area contributed by atoms with Crippen LogP contribution in [0.25, 0.3) is 0 Å². The highest BCUT2D eigenvalue weighted by atomic mass is 35.5. The van der Waals surface area contributed by atoms with Gasteiger partial charge in [0.2, 0.25) is 0 Å². The predicted molar refractivity (Wildman–Crippen MR) is 92.0 cm³/mol. The van der Waals surface area contributed by atoms with E-state index in [4.69, 9.17) is 35.4 Å². The van der Waals surface area contributed by atoms with Gasteiger partial charge in [-0.05, 0) is 30.4 Å². The third-order valence-electron chi connectivity index (χ3n) is 3.11. The quantitative estimate of drug-likeness (QED) is 0.477. The number of halogens is 2. The Bertz CT molecular complexity index is 902. The maximum absolute atomic E-state index is 12.9. The lowest BCUT2D eigenvalue weighted by atomic mass is 9.99. The maximum atomic E-state index is 12.9. The van der Waals surface area contributed by atoms with E-state index in [0.717, 1.165) is 14.2 Å². The highest BCUT2D eigenvalue weighted by molar-refractivity contribution is 7.71. The average Bonchev–Trinajstić information content (AvgIpc) is 2.61. The van der Waals surface area contributed by atoms with E-state index in [1.54, 1.807) is 0 Å². The first-order valence-electron chi connectivity index (χ1n) is 6.60. The Balaban J connectivity index is 2.78. The lowest BCUT2D eigenvalue weighted by Crippen LogP contribution is -2.21. The summed E-state index contributed by atoms with van der Waals surface area (Å²) in [6.45, 7) is 0. The fourth-order valence-electron chi connectivity index (χ4n) is 1.98. The summed E-state index contributed by atoms with van der Waals surface area (Å²) in [6, 6.07) is 4.10. The molecule has 25 heavy (non-hydrogen) atoms. The number of H-pyrrole nitrogens is 1. The molecule has 1 aromatic heterocycles. The molecule has 0 radical (unpaired) electrons. The Morgan fingerprint density at radius 2 is 1.72 bits per heavy atom. The molecule has 1 aromatic carbocycles. The summed E-state index contributed by atoms with van der Waals surface area (Å²) in [7, 11) is 2.22. The molecule has 2 rings (SSSR count). The van der Waals surface area contributed by atoms with E-state index in [1.807, 2.05) is 0 Å². The molecule has 7 nitrogen and oxygen atoms in total. The first-order chi connectivity index (χ1) is 11.8. The lowest BCUT2D eigenvalue weighted by molar-refractivity contribution is 0.0582. The third kappa shape index (κ3) is 3.87. The van der Waals surface area contributed by atoms with Gasteiger partial charge in [0.05, 0.1) is 29.8 Å². The number of ketones is 1. The van der Waals surface area contributed by atoms with Crippen LogP contribution in [0.5, 0.6) is 0 Å². The number of hydrogen-bond acceptors (Lipinski definition) is 7. The van der Waals surface area contributed by atoms with Gasteiger partial charge in [0.25, 0.3) is 0 Å². The van der Waals surface area contributed by atoms with Gasteiger partial charge in [-0.15, -0.1) is 0 Å². The topological polar surface area (TPSA) is 98.3 Å². The molecule has 0 bridgehead atoms. The zero-order valence-corrected chi connectivity index (χ0v) is 15.2. The van der Waals surface area contributed by atoms with Gasteiger partial charge < -0.3 is 14.5 Å². The summed E-state index contributed by atoms with van der Waals surface area (Å²) in [4.78, 5) is 43.2. The fourth-order valence-corrected chi connectivity index (χ4v) is 2.47. The van der Waals surface area contributed by atoms with Crippen molar-refractivity contribution in [2.45, 2.75) is 0 Å². The molecule has 0 saturated heterocycles. The van der Waals surface area contributed by atoms with Crippen molar-refractivity contribution in [3.05, 3.63) is 55.5 Å². The van der Waals surface area contributed by atoms with Gasteiger partial charge in [-0.3, -0.25) is 4.79 Å². The molecule has 10 heteroatoms. The molecule has 0 aliphatic heterocycles. The van der Waals surface area contributed by atoms with Gasteiger partial charge in [-0.2, -0.15) is 0 Å². The smallest absolute Gasteiger partial charge is 0.357 e. The van der Waals surface area contributed by atoms with Crippen molar-refractivity contribution in [2.24, 2.45) is 0 Å². The Morgan fingerprint density at radius 1 is 1.08 bits per heavy atom. The normalized spacial score (nSPS) is 10.2. The van der Waals surface area contributed by atoms with Gasteiger partial charge in [-0.1, -0.05) is 23.2 Å². The number of hydrogen-bond donors (Lipinski definition) is 1. The minimum atomic E-state index is -0.936. The standard InChI is InChI=1S/C15H10Cl2N2O5S/c1-23-13(21)10-9(11(14(22)24-2)19-15(25)18-10)12(20)6-3-4-7(16)8(17)5-6/h3-5H,1-2H3,(H,18,19,25). The number of nitrogens with one attached hydrogen (secondary N) is 1. The van der Waals surface area contributed by atoms with E-state index in [0.29, 0.717) is 0 Å². The highest BCUT2D eigenvalue weighted by Crippen LogP contribution is 2.25. The summed E-state index contributed by atoms with van der Waals surface area (Å²) in [5.74, 6) is -2.55. The first-order valence-corrected chi connectivity index (χ1v) is 7.77. The molecule has 0 unspecified atom stereocenters. The predicted octanol–water partition coefficient (Wildman–Crippen LogP) is 3.25. The molecule has 0 fully saturated rings. The number of carbonyl (C=O) groups excluding carboxylic acids is 3. The van der Waals surface area contributed by atoms with Gasteiger partial charge in [0, 0.05) is 5.56 Å². The number of methoxy groups -OCH3 is 2. The van der Waals surface area contributed by atoms with Crippen LogP contribution in [0.1, 0.15) is 36.9 Å². The molecule has 0 atom stereocenters. The van der Waals surface area contributed by atoms with E-state index in [1.165, 1.54) is 18.2 Å². The SMILES string of the molecule is COC(=O)c1nc(=S)[nH]c(C(=O)OC)c1C(=O)c1ccc(Cl)c(Cl)c1. The summed E-state index contributed by atoms with van der Waals surface area (Å²) in [5.41, 5.74) is -0.996. The second-order valence-electron chi connectivity index (χ2n) is 4.58. The maximum Gasteiger partial charge on any atom is 0.357 e. The first kappa shape index (κ1) is 19.0. The van der Waals surface area contributed by atoms with Crippen LogP contribution in [0.4, 0.5) is 0 Å². The molecular formula is C15H10Cl2N2O5S. The molecule has 0 saturated carbocycles. The van der Waals surface area contributed by atoms with Crippen LogP contribution >= 0.6 is 35.4 Å². The Kier molecular flexibility index (Phi) is 5.89. The minimum absolute atomic E-state index is 0.0806. The van der Waals surface area contributed by atoms with Crippen LogP contribution in [0, 0.1) is 4.77 Å². The van der Waals surface area contributed by atoms with Crippen LogP contribution in [-0.4, -0.2) is 41.9 Å². The Morgan fingerprint density at radius 3 is 2.28 bits per heavy atom. The van der Waals surface area contributed by atoms with Crippen molar-refractivity contribution in [2.75, 3.05) is 14.2 Å².